The Morgan fingerprint density at radius 3 is 3.19 bits per heavy atom. The Morgan fingerprint density at radius 1 is 1.62 bits per heavy atom. The van der Waals surface area contributed by atoms with Crippen LogP contribution in [0.25, 0.3) is 11.0 Å². The summed E-state index contributed by atoms with van der Waals surface area (Å²) in [5, 5.41) is 3.41. The summed E-state index contributed by atoms with van der Waals surface area (Å²) < 4.78 is 6.92. The molecule has 0 aliphatic heterocycles. The van der Waals surface area contributed by atoms with Gasteiger partial charge in [-0.15, -0.1) is 0 Å². The topological polar surface area (TPSA) is 56.1 Å². The van der Waals surface area contributed by atoms with Crippen molar-refractivity contribution in [2.75, 3.05) is 7.05 Å². The van der Waals surface area contributed by atoms with Gasteiger partial charge in [0, 0.05) is 37.4 Å². The highest BCUT2D eigenvalue weighted by Gasteiger charge is 2.08. The number of aryl methyl sites for hydroxylation is 1. The summed E-state index contributed by atoms with van der Waals surface area (Å²) in [5.74, 6) is 0. The average Bonchev–Trinajstić information content (AvgIpc) is 2.64. The minimum Gasteiger partial charge on any atom is -0.445 e. The summed E-state index contributed by atoms with van der Waals surface area (Å²) in [6.45, 7) is 0.253. The van der Waals surface area contributed by atoms with Crippen LogP contribution >= 0.6 is 0 Å². The number of hydrogen-bond acceptors (Lipinski definition) is 3. The van der Waals surface area contributed by atoms with Crippen molar-refractivity contribution < 1.29 is 9.53 Å². The average molecular weight is 219 g/mol. The van der Waals surface area contributed by atoms with Gasteiger partial charge in [-0.3, -0.25) is 0 Å². The highest BCUT2D eigenvalue weighted by molar-refractivity contribution is 5.80. The lowest BCUT2D eigenvalue weighted by Crippen LogP contribution is -2.18. The predicted octanol–water partition coefficient (Wildman–Crippen LogP) is 1.43. The highest BCUT2D eigenvalue weighted by Crippen LogP contribution is 2.18. The molecule has 5 nitrogen and oxygen atoms in total. The van der Waals surface area contributed by atoms with Crippen molar-refractivity contribution in [3.05, 3.63) is 30.1 Å². The Kier molecular flexibility index (Phi) is 2.76. The number of ether oxygens (including phenoxy) is 1. The van der Waals surface area contributed by atoms with Crippen LogP contribution in [0.15, 0.2) is 24.5 Å². The molecule has 1 N–H and O–H groups in total. The Hall–Kier alpha value is -2.04. The zero-order valence-electron chi connectivity index (χ0n) is 9.23. The minimum absolute atomic E-state index is 0.253. The lowest BCUT2D eigenvalue weighted by atomic mass is 10.2. The SMILES string of the molecule is CNC(=O)OCc1cn(C)c2ncccc12. The van der Waals surface area contributed by atoms with Gasteiger partial charge in [-0.25, -0.2) is 9.78 Å². The summed E-state index contributed by atoms with van der Waals surface area (Å²) >= 11 is 0. The molecule has 2 aromatic heterocycles. The van der Waals surface area contributed by atoms with Crippen molar-refractivity contribution >= 4 is 17.1 Å². The molecular formula is C11H13N3O2. The van der Waals surface area contributed by atoms with E-state index in [1.807, 2.05) is 29.9 Å². The number of hydrogen-bond donors (Lipinski definition) is 1. The second kappa shape index (κ2) is 4.22. The molecule has 0 atom stereocenters. The molecule has 1 amide bonds. The molecule has 0 saturated carbocycles. The van der Waals surface area contributed by atoms with Gasteiger partial charge in [0.05, 0.1) is 0 Å². The van der Waals surface area contributed by atoms with E-state index in [1.54, 1.807) is 6.20 Å². The quantitative estimate of drug-likeness (QED) is 0.831. The minimum atomic E-state index is -0.430. The van der Waals surface area contributed by atoms with Gasteiger partial charge in [0.2, 0.25) is 0 Å². The first kappa shape index (κ1) is 10.5. The van der Waals surface area contributed by atoms with Crippen LogP contribution in [0.4, 0.5) is 4.79 Å². The number of aromatic nitrogens is 2. The maximum atomic E-state index is 11.0. The monoisotopic (exact) mass is 219 g/mol. The van der Waals surface area contributed by atoms with E-state index in [2.05, 4.69) is 10.3 Å². The van der Waals surface area contributed by atoms with Crippen molar-refractivity contribution in [3.63, 3.8) is 0 Å². The summed E-state index contributed by atoms with van der Waals surface area (Å²) in [6, 6.07) is 3.83. The number of nitrogens with zero attached hydrogens (tertiary/aromatic N) is 2. The molecule has 2 rings (SSSR count). The van der Waals surface area contributed by atoms with E-state index < -0.39 is 6.09 Å². The van der Waals surface area contributed by atoms with Crippen molar-refractivity contribution in [1.29, 1.82) is 0 Å². The zero-order chi connectivity index (χ0) is 11.5. The standard InChI is InChI=1S/C11H13N3O2/c1-12-11(15)16-7-8-6-14(2)10-9(8)4-3-5-13-10/h3-6H,7H2,1-2H3,(H,12,15). The van der Waals surface area contributed by atoms with E-state index in [9.17, 15) is 4.79 Å². The van der Waals surface area contributed by atoms with Crippen LogP contribution in [-0.4, -0.2) is 22.7 Å². The van der Waals surface area contributed by atoms with Crippen molar-refractivity contribution in [3.8, 4) is 0 Å². The Balaban J connectivity index is 2.27. The van der Waals surface area contributed by atoms with Crippen LogP contribution in [0, 0.1) is 0 Å². The number of nitrogens with one attached hydrogen (secondary N) is 1. The number of fused-ring (bicyclic) bond motifs is 1. The molecule has 0 fully saturated rings. The largest absolute Gasteiger partial charge is 0.445 e. The molecule has 0 spiro atoms. The first-order chi connectivity index (χ1) is 7.72. The fourth-order valence-corrected chi connectivity index (χ4v) is 1.62. The van der Waals surface area contributed by atoms with Gasteiger partial charge in [0.15, 0.2) is 0 Å². The number of alkyl carbamates (subject to hydrolysis) is 1. The number of amides is 1. The molecule has 0 bridgehead atoms. The summed E-state index contributed by atoms with van der Waals surface area (Å²) in [4.78, 5) is 15.2. The third-order valence-corrected chi connectivity index (χ3v) is 2.38. The van der Waals surface area contributed by atoms with E-state index in [1.165, 1.54) is 7.05 Å². The van der Waals surface area contributed by atoms with Crippen LogP contribution < -0.4 is 5.32 Å². The maximum absolute atomic E-state index is 11.0. The van der Waals surface area contributed by atoms with Crippen LogP contribution in [0.5, 0.6) is 0 Å². The van der Waals surface area contributed by atoms with Crippen LogP contribution in [0.1, 0.15) is 5.56 Å². The first-order valence-electron chi connectivity index (χ1n) is 4.96. The number of rotatable bonds is 2. The van der Waals surface area contributed by atoms with Gasteiger partial charge in [0.25, 0.3) is 0 Å². The summed E-state index contributed by atoms with van der Waals surface area (Å²) in [7, 11) is 3.45. The second-order valence-corrected chi connectivity index (χ2v) is 3.47. The molecule has 0 aliphatic carbocycles. The molecule has 0 radical (unpaired) electrons. The predicted molar refractivity (Wildman–Crippen MR) is 60.0 cm³/mol. The lowest BCUT2D eigenvalue weighted by molar-refractivity contribution is 0.142. The normalized spacial score (nSPS) is 10.4. The van der Waals surface area contributed by atoms with Gasteiger partial charge in [-0.2, -0.15) is 0 Å². The van der Waals surface area contributed by atoms with Gasteiger partial charge in [-0.05, 0) is 12.1 Å². The fraction of sp³-hybridized carbons (Fsp3) is 0.273. The van der Waals surface area contributed by atoms with E-state index in [0.29, 0.717) is 0 Å². The number of carbonyl (C=O) groups excluding carboxylic acids is 1. The van der Waals surface area contributed by atoms with E-state index in [-0.39, 0.29) is 6.61 Å². The first-order valence-corrected chi connectivity index (χ1v) is 4.96. The van der Waals surface area contributed by atoms with E-state index in [0.717, 1.165) is 16.6 Å². The smallest absolute Gasteiger partial charge is 0.407 e. The van der Waals surface area contributed by atoms with Crippen molar-refractivity contribution in [2.24, 2.45) is 7.05 Å². The Bertz CT molecular complexity index is 519. The molecule has 0 aliphatic rings. The molecule has 0 unspecified atom stereocenters. The maximum Gasteiger partial charge on any atom is 0.407 e. The molecule has 84 valence electrons. The highest BCUT2D eigenvalue weighted by atomic mass is 16.5. The van der Waals surface area contributed by atoms with Gasteiger partial charge in [0.1, 0.15) is 12.3 Å². The Labute approximate surface area is 93.0 Å². The van der Waals surface area contributed by atoms with Gasteiger partial charge < -0.3 is 14.6 Å². The van der Waals surface area contributed by atoms with Crippen LogP contribution in [0.3, 0.4) is 0 Å². The van der Waals surface area contributed by atoms with Crippen LogP contribution in [0.2, 0.25) is 0 Å². The van der Waals surface area contributed by atoms with Gasteiger partial charge in [-0.1, -0.05) is 0 Å². The Morgan fingerprint density at radius 2 is 2.44 bits per heavy atom. The molecule has 0 saturated heterocycles. The van der Waals surface area contributed by atoms with Gasteiger partial charge >= 0.3 is 6.09 Å². The summed E-state index contributed by atoms with van der Waals surface area (Å²) in [6.07, 6.45) is 3.23. The van der Waals surface area contributed by atoms with Crippen molar-refractivity contribution in [1.82, 2.24) is 14.9 Å². The van der Waals surface area contributed by atoms with E-state index >= 15 is 0 Å². The lowest BCUT2D eigenvalue weighted by Gasteiger charge is -2.01. The molecule has 16 heavy (non-hydrogen) atoms. The molecule has 5 heteroatoms. The van der Waals surface area contributed by atoms with Crippen LogP contribution in [-0.2, 0) is 18.4 Å². The molecule has 2 aromatic rings. The number of pyridine rings is 1. The number of carbonyl (C=O) groups is 1. The zero-order valence-corrected chi connectivity index (χ0v) is 9.23. The fourth-order valence-electron chi connectivity index (χ4n) is 1.62. The second-order valence-electron chi connectivity index (χ2n) is 3.47. The molecule has 0 aromatic carbocycles. The molecular weight excluding hydrogens is 206 g/mol. The van der Waals surface area contributed by atoms with E-state index in [4.69, 9.17) is 4.74 Å². The molecule has 2 heterocycles. The summed E-state index contributed by atoms with van der Waals surface area (Å²) in [5.41, 5.74) is 1.84. The van der Waals surface area contributed by atoms with Crippen molar-refractivity contribution in [2.45, 2.75) is 6.61 Å². The third kappa shape index (κ3) is 1.84. The third-order valence-electron chi connectivity index (χ3n) is 2.38.